The largest absolute Gasteiger partial charge is 0.508 e. The van der Waals surface area contributed by atoms with Crippen molar-refractivity contribution in [1.82, 2.24) is 0 Å². The van der Waals surface area contributed by atoms with Crippen molar-refractivity contribution in [3.63, 3.8) is 0 Å². The van der Waals surface area contributed by atoms with Gasteiger partial charge in [-0.15, -0.1) is 0 Å². The average molecular weight is 447 g/mol. The summed E-state index contributed by atoms with van der Waals surface area (Å²) in [4.78, 5) is 19.2. The van der Waals surface area contributed by atoms with Gasteiger partial charge < -0.3 is 25.5 Å². The highest BCUT2D eigenvalue weighted by Gasteiger charge is 2.22. The van der Waals surface area contributed by atoms with Gasteiger partial charge in [-0.1, -0.05) is 51.3 Å². The number of rotatable bonds is 4. The van der Waals surface area contributed by atoms with Gasteiger partial charge in [0.2, 0.25) is 0 Å². The summed E-state index contributed by atoms with van der Waals surface area (Å²) >= 11 is 0. The lowest BCUT2D eigenvalue weighted by molar-refractivity contribution is -0.133. The van der Waals surface area contributed by atoms with Gasteiger partial charge in [-0.05, 0) is 56.2 Å². The van der Waals surface area contributed by atoms with Crippen LogP contribution in [-0.2, 0) is 15.0 Å². The van der Waals surface area contributed by atoms with Gasteiger partial charge in [0.25, 0.3) is 0 Å². The fraction of sp³-hybridized carbons (Fsp3) is 0.280. The molecule has 0 amide bonds. The van der Waals surface area contributed by atoms with Crippen LogP contribution in [0, 0.1) is 0 Å². The number of aliphatic carboxylic acids is 2. The predicted molar refractivity (Wildman–Crippen MR) is 126 cm³/mol. The molecule has 0 saturated carbocycles. The van der Waals surface area contributed by atoms with Crippen LogP contribution in [0.15, 0.2) is 72.8 Å². The van der Waals surface area contributed by atoms with Crippen molar-refractivity contribution in [1.29, 1.82) is 0 Å². The van der Waals surface area contributed by atoms with Crippen molar-refractivity contribution in [3.05, 3.63) is 84.0 Å². The molecule has 5 N–H and O–H groups in total. The third-order valence-electron chi connectivity index (χ3n) is 3.91. The van der Waals surface area contributed by atoms with E-state index in [-0.39, 0.29) is 34.7 Å². The zero-order valence-corrected chi connectivity index (χ0v) is 19.3. The minimum atomic E-state index is -0.935. The van der Waals surface area contributed by atoms with Gasteiger partial charge in [-0.25, -0.2) is 9.59 Å². The predicted octanol–water partition coefficient (Wildman–Crippen LogP) is 4.72. The number of carboxylic acid groups (broad SMARTS) is 2. The van der Waals surface area contributed by atoms with Crippen LogP contribution in [0.2, 0.25) is 0 Å². The molecular weight excluding hydrogens is 412 g/mol. The number of hydrogen-bond donors (Lipinski definition) is 5. The van der Waals surface area contributed by atoms with E-state index in [9.17, 15) is 19.8 Å². The topological polar surface area (TPSA) is 135 Å². The van der Waals surface area contributed by atoms with Gasteiger partial charge in [0.05, 0.1) is 0 Å². The average Bonchev–Trinajstić information content (AvgIpc) is 2.70. The molecule has 0 radical (unpaired) electrons. The molecule has 0 fully saturated rings. The van der Waals surface area contributed by atoms with Crippen LogP contribution in [0.3, 0.4) is 0 Å². The lowest BCUT2D eigenvalue weighted by Gasteiger charge is -2.26. The van der Waals surface area contributed by atoms with E-state index in [2.05, 4.69) is 27.0 Å². The first-order valence-electron chi connectivity index (χ1n) is 9.68. The Balaban J connectivity index is 0. The third-order valence-corrected chi connectivity index (χ3v) is 3.91. The van der Waals surface area contributed by atoms with Crippen LogP contribution < -0.4 is 0 Å². The summed E-state index contributed by atoms with van der Waals surface area (Å²) in [7, 11) is 0. The van der Waals surface area contributed by atoms with Crippen LogP contribution in [0.25, 0.3) is 0 Å². The second-order valence-corrected chi connectivity index (χ2v) is 7.21. The molecule has 0 aliphatic rings. The van der Waals surface area contributed by atoms with E-state index in [1.165, 1.54) is 13.8 Å². The van der Waals surface area contributed by atoms with Crippen molar-refractivity contribution < 1.29 is 35.1 Å². The molecule has 0 aliphatic carbocycles. The molecule has 0 atom stereocenters. The Labute approximate surface area is 189 Å². The van der Waals surface area contributed by atoms with E-state index in [4.69, 9.17) is 15.3 Å². The van der Waals surface area contributed by atoms with Crippen molar-refractivity contribution >= 4 is 11.9 Å². The summed E-state index contributed by atoms with van der Waals surface area (Å²) in [5.41, 5.74) is 2.45. The smallest absolute Gasteiger partial charge is 0.330 e. The highest BCUT2D eigenvalue weighted by molar-refractivity contribution is 5.85. The summed E-state index contributed by atoms with van der Waals surface area (Å²) in [6.45, 7) is 15.4. The molecule has 0 bridgehead atoms. The van der Waals surface area contributed by atoms with Gasteiger partial charge in [0.1, 0.15) is 11.5 Å². The number of aromatic hydroxyl groups is 2. The molecule has 0 aliphatic heterocycles. The van der Waals surface area contributed by atoms with Crippen molar-refractivity contribution in [3.8, 4) is 11.5 Å². The fourth-order valence-corrected chi connectivity index (χ4v) is 1.92. The molecule has 0 saturated heterocycles. The zero-order chi connectivity index (χ0) is 25.5. The summed E-state index contributed by atoms with van der Waals surface area (Å²) in [6.07, 6.45) is 0. The van der Waals surface area contributed by atoms with Crippen LogP contribution >= 0.6 is 0 Å². The van der Waals surface area contributed by atoms with Crippen molar-refractivity contribution in [2.45, 2.75) is 40.0 Å². The van der Waals surface area contributed by atoms with E-state index in [1.54, 1.807) is 31.2 Å². The zero-order valence-electron chi connectivity index (χ0n) is 19.3. The molecule has 0 heterocycles. The number of hydrogen-bond acceptors (Lipinski definition) is 5. The van der Waals surface area contributed by atoms with E-state index >= 15 is 0 Å². The second-order valence-electron chi connectivity index (χ2n) is 7.21. The monoisotopic (exact) mass is 446 g/mol. The van der Waals surface area contributed by atoms with Gasteiger partial charge in [-0.2, -0.15) is 0 Å². The first-order valence-corrected chi connectivity index (χ1v) is 9.68. The van der Waals surface area contributed by atoms with Crippen LogP contribution in [0.4, 0.5) is 0 Å². The second kappa shape index (κ2) is 15.3. The number of carbonyl (C=O) groups is 2. The van der Waals surface area contributed by atoms with E-state index in [0.717, 1.165) is 11.1 Å². The van der Waals surface area contributed by atoms with E-state index < -0.39 is 11.9 Å². The van der Waals surface area contributed by atoms with Crippen LogP contribution in [-0.4, -0.2) is 44.1 Å². The molecule has 2 aromatic rings. The van der Waals surface area contributed by atoms with Crippen molar-refractivity contribution in [2.24, 2.45) is 0 Å². The molecule has 176 valence electrons. The Hall–Kier alpha value is -3.58. The lowest BCUT2D eigenvalue weighted by atomic mass is 9.78. The Morgan fingerprint density at radius 1 is 0.750 bits per heavy atom. The Morgan fingerprint density at radius 3 is 1.09 bits per heavy atom. The molecule has 7 heteroatoms. The number of benzene rings is 2. The Kier molecular flexibility index (Phi) is 14.6. The van der Waals surface area contributed by atoms with E-state index in [1.807, 2.05) is 24.3 Å². The molecule has 0 spiro atoms. The molecule has 2 aromatic carbocycles. The first kappa shape index (κ1) is 30.6. The molecule has 0 aromatic heterocycles. The minimum absolute atomic E-state index is 0.151. The first-order chi connectivity index (χ1) is 14.7. The fourth-order valence-electron chi connectivity index (χ4n) is 1.92. The van der Waals surface area contributed by atoms with Gasteiger partial charge >= 0.3 is 11.9 Å². The summed E-state index contributed by atoms with van der Waals surface area (Å²) in [5.74, 6) is -1.32. The highest BCUT2D eigenvalue weighted by atomic mass is 16.4. The Bertz CT molecular complexity index is 769. The quantitative estimate of drug-likeness (QED) is 0.429. The maximum atomic E-state index is 9.60. The number of phenols is 2. The minimum Gasteiger partial charge on any atom is -0.508 e. The summed E-state index contributed by atoms with van der Waals surface area (Å²) in [5, 5.41) is 41.9. The number of carboxylic acids is 2. The lowest BCUT2D eigenvalue weighted by Crippen LogP contribution is -2.18. The summed E-state index contributed by atoms with van der Waals surface area (Å²) < 4.78 is 0. The maximum Gasteiger partial charge on any atom is 0.330 e. The SMILES string of the molecule is C=C(C)C(=O)O.C=C(C)C(=O)O.CC(C)(c1ccc(O)cc1)c1ccc(O)cc1.CCO. The van der Waals surface area contributed by atoms with Crippen LogP contribution in [0.5, 0.6) is 11.5 Å². The molecular formula is C25H34O7. The maximum absolute atomic E-state index is 9.60. The van der Waals surface area contributed by atoms with E-state index in [0.29, 0.717) is 0 Å². The normalized spacial score (nSPS) is 9.44. The van der Waals surface area contributed by atoms with Crippen molar-refractivity contribution in [2.75, 3.05) is 6.61 Å². The standard InChI is InChI=1S/C15H16O2.2C4H6O2.C2H6O/c1-15(2,11-3-7-13(16)8-4-11)12-5-9-14(17)10-6-12;2*1-3(2)4(5)6;1-2-3/h3-10,16-17H,1-2H3;2*1H2,2H3,(H,5,6);3H,2H2,1H3. The summed E-state index contributed by atoms with van der Waals surface area (Å²) in [6, 6.07) is 14.4. The molecule has 32 heavy (non-hydrogen) atoms. The Morgan fingerprint density at radius 2 is 0.938 bits per heavy atom. The van der Waals surface area contributed by atoms with Crippen LogP contribution in [0.1, 0.15) is 45.7 Å². The molecule has 0 unspecified atom stereocenters. The molecule has 7 nitrogen and oxygen atoms in total. The van der Waals surface area contributed by atoms with Gasteiger partial charge in [0, 0.05) is 23.2 Å². The third kappa shape index (κ3) is 12.9. The van der Waals surface area contributed by atoms with Gasteiger partial charge in [0.15, 0.2) is 0 Å². The van der Waals surface area contributed by atoms with Gasteiger partial charge in [-0.3, -0.25) is 0 Å². The number of phenolic OH excluding ortho intramolecular Hbond substituents is 2. The highest BCUT2D eigenvalue weighted by Crippen LogP contribution is 2.32. The number of aliphatic hydroxyl groups is 1. The molecule has 2 rings (SSSR count). The number of aliphatic hydroxyl groups excluding tert-OH is 1.